The first-order valence-electron chi connectivity index (χ1n) is 5.56. The van der Waals surface area contributed by atoms with E-state index >= 15 is 0 Å². The molecule has 1 atom stereocenters. The minimum Gasteiger partial charge on any atom is -0.494 e. The van der Waals surface area contributed by atoms with E-state index in [4.69, 9.17) is 15.0 Å². The molecule has 0 amide bonds. The van der Waals surface area contributed by atoms with Crippen molar-refractivity contribution in [3.05, 3.63) is 54.0 Å². The van der Waals surface area contributed by atoms with Crippen molar-refractivity contribution in [1.29, 1.82) is 0 Å². The van der Waals surface area contributed by atoms with E-state index in [1.54, 1.807) is 12.5 Å². The predicted octanol–water partition coefficient (Wildman–Crippen LogP) is 2.23. The van der Waals surface area contributed by atoms with Crippen LogP contribution in [0.2, 0.25) is 0 Å². The Balaban J connectivity index is 2.37. The number of nitrogens with one attached hydrogen (secondary N) is 1. The Morgan fingerprint density at radius 3 is 2.82 bits per heavy atom. The number of hydrazine groups is 1. The fourth-order valence-corrected chi connectivity index (χ4v) is 1.81. The lowest BCUT2D eigenvalue weighted by molar-refractivity contribution is 0.333. The van der Waals surface area contributed by atoms with Gasteiger partial charge in [0, 0.05) is 11.1 Å². The second-order valence-corrected chi connectivity index (χ2v) is 3.63. The number of hydrogen-bond acceptors (Lipinski definition) is 4. The summed E-state index contributed by atoms with van der Waals surface area (Å²) in [5, 5.41) is 0. The minimum absolute atomic E-state index is 0.128. The van der Waals surface area contributed by atoms with Crippen molar-refractivity contribution in [3.8, 4) is 5.75 Å². The van der Waals surface area contributed by atoms with Crippen LogP contribution in [0.3, 0.4) is 0 Å². The van der Waals surface area contributed by atoms with E-state index in [9.17, 15) is 0 Å². The van der Waals surface area contributed by atoms with Crippen molar-refractivity contribution >= 4 is 0 Å². The normalized spacial score (nSPS) is 12.4. The summed E-state index contributed by atoms with van der Waals surface area (Å²) < 4.78 is 10.7. The lowest BCUT2D eigenvalue weighted by Crippen LogP contribution is -2.28. The fourth-order valence-electron chi connectivity index (χ4n) is 1.81. The SMILES string of the molecule is CCOc1ccccc1C(NN)c1ccoc1. The summed E-state index contributed by atoms with van der Waals surface area (Å²) in [7, 11) is 0. The molecule has 3 N–H and O–H groups in total. The zero-order valence-corrected chi connectivity index (χ0v) is 9.72. The predicted molar refractivity (Wildman–Crippen MR) is 65.5 cm³/mol. The summed E-state index contributed by atoms with van der Waals surface area (Å²) in [5.74, 6) is 6.45. The topological polar surface area (TPSA) is 60.4 Å². The van der Waals surface area contributed by atoms with Gasteiger partial charge in [-0.2, -0.15) is 0 Å². The van der Waals surface area contributed by atoms with Crippen LogP contribution in [0.15, 0.2) is 47.3 Å². The second kappa shape index (κ2) is 5.52. The van der Waals surface area contributed by atoms with Gasteiger partial charge in [0.2, 0.25) is 0 Å². The van der Waals surface area contributed by atoms with E-state index in [0.717, 1.165) is 16.9 Å². The quantitative estimate of drug-likeness (QED) is 0.613. The average molecular weight is 232 g/mol. The maximum Gasteiger partial charge on any atom is 0.124 e. The number of rotatable bonds is 5. The van der Waals surface area contributed by atoms with Crippen molar-refractivity contribution in [1.82, 2.24) is 5.43 Å². The molecule has 0 saturated heterocycles. The van der Waals surface area contributed by atoms with Crippen LogP contribution in [0.4, 0.5) is 0 Å². The van der Waals surface area contributed by atoms with Crippen molar-refractivity contribution in [2.24, 2.45) is 5.84 Å². The minimum atomic E-state index is -0.128. The zero-order valence-electron chi connectivity index (χ0n) is 9.72. The lowest BCUT2D eigenvalue weighted by atomic mass is 10.0. The summed E-state index contributed by atoms with van der Waals surface area (Å²) in [4.78, 5) is 0. The summed E-state index contributed by atoms with van der Waals surface area (Å²) in [6.45, 7) is 2.58. The molecule has 0 aliphatic rings. The summed E-state index contributed by atoms with van der Waals surface area (Å²) in [6.07, 6.45) is 3.30. The fraction of sp³-hybridized carbons (Fsp3) is 0.231. The molecule has 1 heterocycles. The molecule has 2 aromatic rings. The molecular formula is C13H16N2O2. The first-order chi connectivity index (χ1) is 8.36. The second-order valence-electron chi connectivity index (χ2n) is 3.63. The van der Waals surface area contributed by atoms with Gasteiger partial charge in [-0.05, 0) is 19.1 Å². The van der Waals surface area contributed by atoms with E-state index in [0.29, 0.717) is 6.61 Å². The van der Waals surface area contributed by atoms with Crippen LogP contribution in [0.25, 0.3) is 0 Å². The van der Waals surface area contributed by atoms with Gasteiger partial charge < -0.3 is 9.15 Å². The first kappa shape index (κ1) is 11.7. The molecule has 0 spiro atoms. The highest BCUT2D eigenvalue weighted by Crippen LogP contribution is 2.29. The highest BCUT2D eigenvalue weighted by molar-refractivity contribution is 5.40. The Bertz CT molecular complexity index is 454. The van der Waals surface area contributed by atoms with Gasteiger partial charge in [0.1, 0.15) is 5.75 Å². The van der Waals surface area contributed by atoms with Crippen LogP contribution in [0, 0.1) is 0 Å². The molecule has 17 heavy (non-hydrogen) atoms. The largest absolute Gasteiger partial charge is 0.494 e. The number of benzene rings is 1. The van der Waals surface area contributed by atoms with Crippen LogP contribution in [-0.2, 0) is 0 Å². The molecule has 0 saturated carbocycles. The summed E-state index contributed by atoms with van der Waals surface area (Å²) in [6, 6.07) is 9.58. The molecule has 2 rings (SSSR count). The Labute approximate surface area is 100 Å². The van der Waals surface area contributed by atoms with Crippen LogP contribution in [-0.4, -0.2) is 6.61 Å². The molecule has 0 bridgehead atoms. The van der Waals surface area contributed by atoms with Gasteiger partial charge in [-0.1, -0.05) is 18.2 Å². The molecular weight excluding hydrogens is 216 g/mol. The Morgan fingerprint density at radius 1 is 1.35 bits per heavy atom. The molecule has 90 valence electrons. The number of para-hydroxylation sites is 1. The van der Waals surface area contributed by atoms with Crippen LogP contribution >= 0.6 is 0 Å². The monoisotopic (exact) mass is 232 g/mol. The zero-order chi connectivity index (χ0) is 12.1. The van der Waals surface area contributed by atoms with Gasteiger partial charge in [0.05, 0.1) is 25.2 Å². The van der Waals surface area contributed by atoms with Crippen LogP contribution < -0.4 is 16.0 Å². The Morgan fingerprint density at radius 2 is 2.18 bits per heavy atom. The molecule has 1 unspecified atom stereocenters. The third-order valence-corrected chi connectivity index (χ3v) is 2.57. The van der Waals surface area contributed by atoms with Gasteiger partial charge in [-0.25, -0.2) is 5.43 Å². The van der Waals surface area contributed by atoms with Gasteiger partial charge in [-0.15, -0.1) is 0 Å². The third-order valence-electron chi connectivity index (χ3n) is 2.57. The van der Waals surface area contributed by atoms with Gasteiger partial charge in [-0.3, -0.25) is 5.84 Å². The lowest BCUT2D eigenvalue weighted by Gasteiger charge is -2.18. The van der Waals surface area contributed by atoms with E-state index in [-0.39, 0.29) is 6.04 Å². The maximum atomic E-state index is 5.61. The summed E-state index contributed by atoms with van der Waals surface area (Å²) in [5.41, 5.74) is 4.75. The number of ether oxygens (including phenoxy) is 1. The maximum absolute atomic E-state index is 5.61. The van der Waals surface area contributed by atoms with Crippen molar-refractivity contribution in [2.45, 2.75) is 13.0 Å². The smallest absolute Gasteiger partial charge is 0.124 e. The van der Waals surface area contributed by atoms with E-state index < -0.39 is 0 Å². The highest BCUT2D eigenvalue weighted by Gasteiger charge is 2.17. The van der Waals surface area contributed by atoms with Crippen molar-refractivity contribution in [3.63, 3.8) is 0 Å². The highest BCUT2D eigenvalue weighted by atomic mass is 16.5. The van der Waals surface area contributed by atoms with E-state index in [1.165, 1.54) is 0 Å². The van der Waals surface area contributed by atoms with Gasteiger partial charge in [0.15, 0.2) is 0 Å². The van der Waals surface area contributed by atoms with Gasteiger partial charge in [0.25, 0.3) is 0 Å². The Hall–Kier alpha value is -1.78. The molecule has 0 aliphatic heterocycles. The van der Waals surface area contributed by atoms with Crippen molar-refractivity contribution in [2.75, 3.05) is 6.61 Å². The summed E-state index contributed by atoms with van der Waals surface area (Å²) >= 11 is 0. The van der Waals surface area contributed by atoms with E-state index in [2.05, 4.69) is 5.43 Å². The molecule has 0 aliphatic carbocycles. The molecule has 1 aromatic heterocycles. The molecule has 0 fully saturated rings. The van der Waals surface area contributed by atoms with Gasteiger partial charge >= 0.3 is 0 Å². The molecule has 4 nitrogen and oxygen atoms in total. The molecule has 1 aromatic carbocycles. The Kier molecular flexibility index (Phi) is 3.80. The first-order valence-corrected chi connectivity index (χ1v) is 5.56. The average Bonchev–Trinajstić information content (AvgIpc) is 2.86. The molecule has 4 heteroatoms. The number of nitrogens with two attached hydrogens (primary N) is 1. The number of hydrogen-bond donors (Lipinski definition) is 2. The third kappa shape index (κ3) is 2.49. The van der Waals surface area contributed by atoms with Crippen LogP contribution in [0.1, 0.15) is 24.1 Å². The van der Waals surface area contributed by atoms with Crippen molar-refractivity contribution < 1.29 is 9.15 Å². The van der Waals surface area contributed by atoms with E-state index in [1.807, 2.05) is 37.3 Å². The van der Waals surface area contributed by atoms with Crippen LogP contribution in [0.5, 0.6) is 5.75 Å². The number of furan rings is 1. The standard InChI is InChI=1S/C13H16N2O2/c1-2-17-12-6-4-3-5-11(12)13(15-14)10-7-8-16-9-10/h3-9,13,15H,2,14H2,1H3. The molecule has 0 radical (unpaired) electrons.